The average Bonchev–Trinajstić information content (AvgIpc) is 2.61. The van der Waals surface area contributed by atoms with Crippen molar-refractivity contribution in [2.24, 2.45) is 0 Å². The predicted molar refractivity (Wildman–Crippen MR) is 92.0 cm³/mol. The Kier molecular flexibility index (Phi) is 7.42. The fraction of sp³-hybridized carbons (Fsp3) is 0.588. The van der Waals surface area contributed by atoms with Gasteiger partial charge in [-0.25, -0.2) is 4.39 Å². The summed E-state index contributed by atoms with van der Waals surface area (Å²) >= 11 is 0. The van der Waals surface area contributed by atoms with E-state index >= 15 is 0 Å². The van der Waals surface area contributed by atoms with Crippen LogP contribution in [0.1, 0.15) is 6.92 Å². The molecule has 0 unspecified atom stereocenters. The molecule has 1 aromatic carbocycles. The number of anilines is 2. The molecule has 0 N–H and O–H groups in total. The molecule has 0 aliphatic carbocycles. The van der Waals surface area contributed by atoms with Crippen molar-refractivity contribution in [3.63, 3.8) is 0 Å². The van der Waals surface area contributed by atoms with E-state index in [0.717, 1.165) is 6.41 Å². The van der Waals surface area contributed by atoms with Crippen molar-refractivity contribution < 1.29 is 18.7 Å². The first kappa shape index (κ1) is 18.6. The van der Waals surface area contributed by atoms with E-state index in [-0.39, 0.29) is 5.82 Å². The van der Waals surface area contributed by atoms with E-state index in [2.05, 4.69) is 0 Å². The highest BCUT2D eigenvalue weighted by molar-refractivity contribution is 5.76. The van der Waals surface area contributed by atoms with Crippen molar-refractivity contribution in [1.82, 2.24) is 4.90 Å². The minimum atomic E-state index is -0.316. The zero-order chi connectivity index (χ0) is 17.4. The van der Waals surface area contributed by atoms with Gasteiger partial charge < -0.3 is 19.3 Å². The number of morpholine rings is 1. The van der Waals surface area contributed by atoms with Gasteiger partial charge in [-0.2, -0.15) is 0 Å². The van der Waals surface area contributed by atoms with Crippen molar-refractivity contribution in [3.05, 3.63) is 24.0 Å². The van der Waals surface area contributed by atoms with E-state index in [0.29, 0.717) is 64.1 Å². The minimum absolute atomic E-state index is 0.316. The van der Waals surface area contributed by atoms with Crippen LogP contribution in [0.5, 0.6) is 0 Å². The number of ether oxygens (including phenoxy) is 2. The maximum Gasteiger partial charge on any atom is 0.214 e. The lowest BCUT2D eigenvalue weighted by atomic mass is 10.2. The van der Waals surface area contributed by atoms with E-state index in [1.807, 2.05) is 23.8 Å². The smallest absolute Gasteiger partial charge is 0.214 e. The van der Waals surface area contributed by atoms with E-state index in [9.17, 15) is 9.18 Å². The summed E-state index contributed by atoms with van der Waals surface area (Å²) in [5.74, 6) is -0.316. The van der Waals surface area contributed by atoms with Crippen molar-refractivity contribution in [2.45, 2.75) is 6.92 Å². The number of hydrogen-bond acceptors (Lipinski definition) is 5. The third-order valence-electron chi connectivity index (χ3n) is 3.98. The van der Waals surface area contributed by atoms with E-state index in [4.69, 9.17) is 9.47 Å². The molecule has 0 radical (unpaired) electrons. The largest absolute Gasteiger partial charge is 0.378 e. The monoisotopic (exact) mass is 339 g/mol. The number of benzene rings is 1. The van der Waals surface area contributed by atoms with Gasteiger partial charge in [-0.3, -0.25) is 9.69 Å². The molecule has 1 aromatic rings. The summed E-state index contributed by atoms with van der Waals surface area (Å²) in [6.07, 6.45) is 0.734. The Labute approximate surface area is 142 Å². The van der Waals surface area contributed by atoms with Crippen molar-refractivity contribution in [1.29, 1.82) is 0 Å². The SMILES string of the molecule is CCOCN(C)CCN(C=O)c1ccc(N2CCOCC2)c(F)c1. The Balaban J connectivity index is 1.98. The molecule has 7 heteroatoms. The molecule has 134 valence electrons. The maximum absolute atomic E-state index is 14.4. The number of hydrogen-bond donors (Lipinski definition) is 0. The molecule has 6 nitrogen and oxygen atoms in total. The third kappa shape index (κ3) is 5.15. The molecule has 0 aromatic heterocycles. The molecule has 0 spiro atoms. The summed E-state index contributed by atoms with van der Waals surface area (Å²) in [4.78, 5) is 16.8. The van der Waals surface area contributed by atoms with Crippen LogP contribution in [0.3, 0.4) is 0 Å². The molecule has 0 saturated carbocycles. The summed E-state index contributed by atoms with van der Waals surface area (Å²) in [5.41, 5.74) is 1.12. The second kappa shape index (κ2) is 9.56. The summed E-state index contributed by atoms with van der Waals surface area (Å²) < 4.78 is 25.0. The van der Waals surface area contributed by atoms with Crippen LogP contribution < -0.4 is 9.80 Å². The highest BCUT2D eigenvalue weighted by atomic mass is 19.1. The van der Waals surface area contributed by atoms with Gasteiger partial charge in [0.2, 0.25) is 6.41 Å². The first-order valence-electron chi connectivity index (χ1n) is 8.26. The van der Waals surface area contributed by atoms with E-state index in [1.54, 1.807) is 12.1 Å². The topological polar surface area (TPSA) is 45.2 Å². The van der Waals surface area contributed by atoms with Crippen LogP contribution in [0.25, 0.3) is 0 Å². The number of carbonyl (C=O) groups excluding carboxylic acids is 1. The molecule has 1 amide bonds. The normalized spacial score (nSPS) is 14.9. The Morgan fingerprint density at radius 3 is 2.71 bits per heavy atom. The fourth-order valence-corrected chi connectivity index (χ4v) is 2.57. The fourth-order valence-electron chi connectivity index (χ4n) is 2.57. The molecule has 24 heavy (non-hydrogen) atoms. The van der Waals surface area contributed by atoms with E-state index in [1.165, 1.54) is 11.0 Å². The molecule has 2 rings (SSSR count). The Morgan fingerprint density at radius 1 is 1.33 bits per heavy atom. The van der Waals surface area contributed by atoms with Crippen LogP contribution in [0, 0.1) is 5.82 Å². The number of amides is 1. The Bertz CT molecular complexity index is 524. The van der Waals surface area contributed by atoms with Gasteiger partial charge in [-0.05, 0) is 32.2 Å². The van der Waals surface area contributed by atoms with Gasteiger partial charge in [0, 0.05) is 38.5 Å². The Morgan fingerprint density at radius 2 is 2.08 bits per heavy atom. The van der Waals surface area contributed by atoms with Gasteiger partial charge in [0.05, 0.1) is 25.6 Å². The molecular formula is C17H26FN3O3. The molecular weight excluding hydrogens is 313 g/mol. The molecule has 1 aliphatic rings. The summed E-state index contributed by atoms with van der Waals surface area (Å²) in [6, 6.07) is 4.93. The first-order chi connectivity index (χ1) is 11.7. The highest BCUT2D eigenvalue weighted by Gasteiger charge is 2.17. The molecule has 1 heterocycles. The predicted octanol–water partition coefficient (Wildman–Crippen LogP) is 1.55. The lowest BCUT2D eigenvalue weighted by Gasteiger charge is -2.29. The quantitative estimate of drug-likeness (QED) is 0.505. The van der Waals surface area contributed by atoms with Crippen molar-refractivity contribution >= 4 is 17.8 Å². The second-order valence-electron chi connectivity index (χ2n) is 5.74. The first-order valence-corrected chi connectivity index (χ1v) is 8.26. The van der Waals surface area contributed by atoms with Gasteiger partial charge in [-0.1, -0.05) is 0 Å². The lowest BCUT2D eigenvalue weighted by Crippen LogP contribution is -2.37. The van der Waals surface area contributed by atoms with Gasteiger partial charge >= 0.3 is 0 Å². The van der Waals surface area contributed by atoms with Gasteiger partial charge in [0.15, 0.2) is 0 Å². The van der Waals surface area contributed by atoms with Gasteiger partial charge in [0.25, 0.3) is 0 Å². The van der Waals surface area contributed by atoms with Crippen LogP contribution in [0.2, 0.25) is 0 Å². The minimum Gasteiger partial charge on any atom is -0.378 e. The summed E-state index contributed by atoms with van der Waals surface area (Å²) in [5, 5.41) is 0. The molecule has 1 aliphatic heterocycles. The lowest BCUT2D eigenvalue weighted by molar-refractivity contribution is -0.107. The Hall–Kier alpha value is -1.70. The molecule has 1 fully saturated rings. The van der Waals surface area contributed by atoms with Crippen LogP contribution >= 0.6 is 0 Å². The number of likely N-dealkylation sites (N-methyl/N-ethyl adjacent to an activating group) is 1. The molecule has 0 bridgehead atoms. The zero-order valence-electron chi connectivity index (χ0n) is 14.4. The zero-order valence-corrected chi connectivity index (χ0v) is 14.4. The maximum atomic E-state index is 14.4. The number of halogens is 1. The van der Waals surface area contributed by atoms with Crippen LogP contribution in [0.15, 0.2) is 18.2 Å². The number of carbonyl (C=O) groups is 1. The van der Waals surface area contributed by atoms with Crippen LogP contribution in [0.4, 0.5) is 15.8 Å². The molecule has 1 saturated heterocycles. The van der Waals surface area contributed by atoms with Crippen molar-refractivity contribution in [3.8, 4) is 0 Å². The third-order valence-corrected chi connectivity index (χ3v) is 3.98. The average molecular weight is 339 g/mol. The van der Waals surface area contributed by atoms with Gasteiger partial charge in [-0.15, -0.1) is 0 Å². The summed E-state index contributed by atoms with van der Waals surface area (Å²) in [7, 11) is 1.92. The second-order valence-corrected chi connectivity index (χ2v) is 5.74. The summed E-state index contributed by atoms with van der Waals surface area (Å²) in [6.45, 7) is 6.77. The van der Waals surface area contributed by atoms with Gasteiger partial charge in [0.1, 0.15) is 5.82 Å². The van der Waals surface area contributed by atoms with Crippen LogP contribution in [-0.4, -0.2) is 71.1 Å². The number of nitrogens with zero attached hydrogens (tertiary/aromatic N) is 3. The molecule has 0 atom stereocenters. The standard InChI is InChI=1S/C17H26FN3O3/c1-3-23-14-19(2)6-7-21(13-22)15-4-5-17(16(18)12-15)20-8-10-24-11-9-20/h4-5,12-13H,3,6-11,14H2,1-2H3. The van der Waals surface area contributed by atoms with Crippen molar-refractivity contribution in [2.75, 3.05) is 69.6 Å². The van der Waals surface area contributed by atoms with Crippen LogP contribution in [-0.2, 0) is 14.3 Å². The van der Waals surface area contributed by atoms with E-state index < -0.39 is 0 Å². The highest BCUT2D eigenvalue weighted by Crippen LogP contribution is 2.25. The number of rotatable bonds is 9.